The third-order valence-electron chi connectivity index (χ3n) is 5.21. The second-order valence-electron chi connectivity index (χ2n) is 6.92. The maximum atomic E-state index is 13.2. The minimum Gasteiger partial charge on any atom is -0.360 e. The van der Waals surface area contributed by atoms with Crippen LogP contribution in [-0.2, 0) is 17.8 Å². The molecule has 0 fully saturated rings. The average Bonchev–Trinajstić information content (AvgIpc) is 2.67. The molecule has 1 aliphatic heterocycles. The van der Waals surface area contributed by atoms with Crippen molar-refractivity contribution in [2.75, 3.05) is 25.0 Å². The Morgan fingerprint density at radius 3 is 2.62 bits per heavy atom. The molecule has 2 aromatic rings. The molecule has 5 nitrogen and oxygen atoms in total. The molecule has 5 heteroatoms. The summed E-state index contributed by atoms with van der Waals surface area (Å²) in [5, 5.41) is 0. The van der Waals surface area contributed by atoms with E-state index in [9.17, 15) is 4.79 Å². The number of hydrogen-bond donors (Lipinski definition) is 0. The van der Waals surface area contributed by atoms with Gasteiger partial charge in [0.1, 0.15) is 11.6 Å². The number of rotatable bonds is 5. The van der Waals surface area contributed by atoms with E-state index in [4.69, 9.17) is 0 Å². The summed E-state index contributed by atoms with van der Waals surface area (Å²) in [7, 11) is 2.04. The van der Waals surface area contributed by atoms with Gasteiger partial charge in [0.15, 0.2) is 0 Å². The van der Waals surface area contributed by atoms with Crippen LogP contribution in [0.1, 0.15) is 48.8 Å². The molecule has 0 N–H and O–H groups in total. The number of amides is 1. The molecule has 2 heterocycles. The average molecular weight is 352 g/mol. The number of aryl methyl sites for hydroxylation is 1. The molecule has 0 radical (unpaired) electrons. The molecular weight excluding hydrogens is 324 g/mol. The summed E-state index contributed by atoms with van der Waals surface area (Å²) in [6, 6.07) is 10.1. The number of fused-ring (bicyclic) bond motifs is 1. The first-order chi connectivity index (χ1) is 12.5. The fourth-order valence-corrected chi connectivity index (χ4v) is 3.63. The molecule has 1 amide bonds. The standard InChI is InChI=1S/C21H28N4O/c1-5-17(16-10-8-7-9-11-16)21(26)25-13-12-19-18(14-25)20(24(4)6-2)23-15(3)22-19/h7-11,17H,5-6,12-14H2,1-4H3/t17-/m0/s1. The van der Waals surface area contributed by atoms with Gasteiger partial charge in [-0.3, -0.25) is 4.79 Å². The third-order valence-corrected chi connectivity index (χ3v) is 5.21. The lowest BCUT2D eigenvalue weighted by Crippen LogP contribution is -2.40. The summed E-state index contributed by atoms with van der Waals surface area (Å²) in [6.45, 7) is 8.32. The monoisotopic (exact) mass is 352 g/mol. The summed E-state index contributed by atoms with van der Waals surface area (Å²) in [5.41, 5.74) is 3.28. The number of anilines is 1. The second kappa shape index (κ2) is 7.85. The van der Waals surface area contributed by atoms with Gasteiger partial charge < -0.3 is 9.80 Å². The molecule has 1 aromatic carbocycles. The fourth-order valence-electron chi connectivity index (χ4n) is 3.63. The van der Waals surface area contributed by atoms with E-state index in [0.29, 0.717) is 6.54 Å². The minimum atomic E-state index is -0.0866. The van der Waals surface area contributed by atoms with Crippen LogP contribution in [-0.4, -0.2) is 40.9 Å². The molecule has 1 aliphatic rings. The van der Waals surface area contributed by atoms with Crippen LogP contribution in [0.2, 0.25) is 0 Å². The first-order valence-electron chi connectivity index (χ1n) is 9.46. The van der Waals surface area contributed by atoms with Crippen LogP contribution in [0, 0.1) is 6.92 Å². The molecule has 1 aromatic heterocycles. The molecular formula is C21H28N4O. The van der Waals surface area contributed by atoms with Crippen LogP contribution in [0.5, 0.6) is 0 Å². The van der Waals surface area contributed by atoms with Gasteiger partial charge >= 0.3 is 0 Å². The first-order valence-corrected chi connectivity index (χ1v) is 9.46. The van der Waals surface area contributed by atoms with Crippen LogP contribution < -0.4 is 4.90 Å². The SMILES string of the molecule is CC[C@H](C(=O)N1CCc2nc(C)nc(N(C)CC)c2C1)c1ccccc1. The highest BCUT2D eigenvalue weighted by atomic mass is 16.2. The topological polar surface area (TPSA) is 49.3 Å². The lowest BCUT2D eigenvalue weighted by molar-refractivity contribution is -0.133. The van der Waals surface area contributed by atoms with E-state index < -0.39 is 0 Å². The zero-order chi connectivity index (χ0) is 18.7. The van der Waals surface area contributed by atoms with Crippen LogP contribution in [0.15, 0.2) is 30.3 Å². The summed E-state index contributed by atoms with van der Waals surface area (Å²) in [6.07, 6.45) is 1.60. The highest BCUT2D eigenvalue weighted by molar-refractivity contribution is 5.84. The van der Waals surface area contributed by atoms with Gasteiger partial charge in [0, 0.05) is 32.1 Å². The van der Waals surface area contributed by atoms with Crippen molar-refractivity contribution in [1.29, 1.82) is 0 Å². The molecule has 26 heavy (non-hydrogen) atoms. The predicted molar refractivity (Wildman–Crippen MR) is 104 cm³/mol. The van der Waals surface area contributed by atoms with Gasteiger partial charge in [0.2, 0.25) is 5.91 Å². The highest BCUT2D eigenvalue weighted by Gasteiger charge is 2.30. The number of nitrogens with zero attached hydrogens (tertiary/aromatic N) is 4. The Morgan fingerprint density at radius 1 is 1.23 bits per heavy atom. The number of aromatic nitrogens is 2. The molecule has 0 spiro atoms. The van der Waals surface area contributed by atoms with Crippen molar-refractivity contribution in [2.45, 2.75) is 46.1 Å². The lowest BCUT2D eigenvalue weighted by atomic mass is 9.93. The van der Waals surface area contributed by atoms with Gasteiger partial charge in [-0.1, -0.05) is 37.3 Å². The molecule has 3 rings (SSSR count). The molecule has 0 aliphatic carbocycles. The quantitative estimate of drug-likeness (QED) is 0.828. The third kappa shape index (κ3) is 3.57. The Bertz CT molecular complexity index is 775. The van der Waals surface area contributed by atoms with Gasteiger partial charge in [-0.2, -0.15) is 0 Å². The van der Waals surface area contributed by atoms with Crippen molar-refractivity contribution in [1.82, 2.24) is 14.9 Å². The number of carbonyl (C=O) groups excluding carboxylic acids is 1. The number of hydrogen-bond acceptors (Lipinski definition) is 4. The van der Waals surface area contributed by atoms with Gasteiger partial charge in [-0.05, 0) is 25.8 Å². The smallest absolute Gasteiger partial charge is 0.230 e. The molecule has 0 bridgehead atoms. The van der Waals surface area contributed by atoms with E-state index in [1.165, 1.54) is 0 Å². The van der Waals surface area contributed by atoms with E-state index in [2.05, 4.69) is 28.7 Å². The Balaban J connectivity index is 1.88. The highest BCUT2D eigenvalue weighted by Crippen LogP contribution is 2.29. The Labute approximate surface area is 156 Å². The molecule has 0 saturated carbocycles. The van der Waals surface area contributed by atoms with E-state index in [1.807, 2.05) is 49.2 Å². The van der Waals surface area contributed by atoms with Crippen molar-refractivity contribution < 1.29 is 4.79 Å². The Kier molecular flexibility index (Phi) is 5.55. The van der Waals surface area contributed by atoms with Crippen molar-refractivity contribution >= 4 is 11.7 Å². The van der Waals surface area contributed by atoms with Crippen LogP contribution in [0.4, 0.5) is 5.82 Å². The zero-order valence-electron chi connectivity index (χ0n) is 16.2. The summed E-state index contributed by atoms with van der Waals surface area (Å²) in [5.74, 6) is 1.88. The summed E-state index contributed by atoms with van der Waals surface area (Å²) >= 11 is 0. The van der Waals surface area contributed by atoms with Gasteiger partial charge in [0.05, 0.1) is 18.2 Å². The Hall–Kier alpha value is -2.43. The molecule has 138 valence electrons. The lowest BCUT2D eigenvalue weighted by Gasteiger charge is -2.33. The zero-order valence-corrected chi connectivity index (χ0v) is 16.2. The second-order valence-corrected chi connectivity index (χ2v) is 6.92. The number of carbonyl (C=O) groups is 1. The van der Waals surface area contributed by atoms with Crippen LogP contribution in [0.3, 0.4) is 0 Å². The summed E-state index contributed by atoms with van der Waals surface area (Å²) in [4.78, 5) is 26.6. The van der Waals surface area contributed by atoms with E-state index >= 15 is 0 Å². The molecule has 1 atom stereocenters. The van der Waals surface area contributed by atoms with E-state index in [0.717, 1.165) is 54.4 Å². The number of benzene rings is 1. The predicted octanol–water partition coefficient (Wildman–Crippen LogP) is 3.32. The van der Waals surface area contributed by atoms with Crippen LogP contribution in [0.25, 0.3) is 0 Å². The largest absolute Gasteiger partial charge is 0.360 e. The molecule has 0 unspecified atom stereocenters. The first kappa shape index (κ1) is 18.4. The Morgan fingerprint density at radius 2 is 1.96 bits per heavy atom. The fraction of sp³-hybridized carbons (Fsp3) is 0.476. The van der Waals surface area contributed by atoms with E-state index in [-0.39, 0.29) is 11.8 Å². The maximum Gasteiger partial charge on any atom is 0.230 e. The van der Waals surface area contributed by atoms with Crippen LogP contribution >= 0.6 is 0 Å². The van der Waals surface area contributed by atoms with Gasteiger partial charge in [-0.25, -0.2) is 9.97 Å². The normalized spacial score (nSPS) is 14.7. The van der Waals surface area contributed by atoms with Crippen molar-refractivity contribution in [2.24, 2.45) is 0 Å². The van der Waals surface area contributed by atoms with Gasteiger partial charge in [-0.15, -0.1) is 0 Å². The maximum absolute atomic E-state index is 13.2. The summed E-state index contributed by atoms with van der Waals surface area (Å²) < 4.78 is 0. The van der Waals surface area contributed by atoms with Crippen molar-refractivity contribution in [3.05, 3.63) is 53.0 Å². The van der Waals surface area contributed by atoms with Crippen molar-refractivity contribution in [3.63, 3.8) is 0 Å². The minimum absolute atomic E-state index is 0.0866. The van der Waals surface area contributed by atoms with Gasteiger partial charge in [0.25, 0.3) is 0 Å². The molecule has 0 saturated heterocycles. The van der Waals surface area contributed by atoms with Crippen molar-refractivity contribution in [3.8, 4) is 0 Å². The van der Waals surface area contributed by atoms with E-state index in [1.54, 1.807) is 0 Å².